The van der Waals surface area contributed by atoms with Crippen LogP contribution in [0.5, 0.6) is 0 Å². The minimum atomic E-state index is -0.667. The molecule has 6 nitrogen and oxygen atoms in total. The van der Waals surface area contributed by atoms with Crippen molar-refractivity contribution in [2.24, 2.45) is 5.92 Å². The summed E-state index contributed by atoms with van der Waals surface area (Å²) in [5.74, 6) is 0.528. The van der Waals surface area contributed by atoms with E-state index in [0.29, 0.717) is 31.7 Å². The van der Waals surface area contributed by atoms with Crippen molar-refractivity contribution < 1.29 is 9.59 Å². The topological polar surface area (TPSA) is 65.5 Å². The third-order valence-corrected chi connectivity index (χ3v) is 6.25. The third-order valence-electron chi connectivity index (χ3n) is 5.49. The van der Waals surface area contributed by atoms with Gasteiger partial charge in [0, 0.05) is 31.2 Å². The van der Waals surface area contributed by atoms with Crippen LogP contribution in [0.25, 0.3) is 0 Å². The van der Waals surface area contributed by atoms with Gasteiger partial charge in [0.05, 0.1) is 6.54 Å². The van der Waals surface area contributed by atoms with Crippen molar-refractivity contribution in [3.63, 3.8) is 0 Å². The van der Waals surface area contributed by atoms with Crippen LogP contribution in [0.1, 0.15) is 51.5 Å². The molecule has 0 aromatic carbocycles. The Bertz CT molecular complexity index is 623. The van der Waals surface area contributed by atoms with Gasteiger partial charge in [-0.1, -0.05) is 20.8 Å². The van der Waals surface area contributed by atoms with Gasteiger partial charge in [-0.3, -0.25) is 14.5 Å². The van der Waals surface area contributed by atoms with Crippen LogP contribution in [0, 0.1) is 5.92 Å². The van der Waals surface area contributed by atoms with Gasteiger partial charge in [-0.15, -0.1) is 11.3 Å². The Hall–Kier alpha value is -1.47. The lowest BCUT2D eigenvalue weighted by Gasteiger charge is -2.51. The van der Waals surface area contributed by atoms with Gasteiger partial charge >= 0.3 is 0 Å². The first-order valence-electron chi connectivity index (χ1n) is 9.69. The molecule has 2 fully saturated rings. The van der Waals surface area contributed by atoms with Crippen molar-refractivity contribution in [2.45, 2.75) is 64.6 Å². The summed E-state index contributed by atoms with van der Waals surface area (Å²) in [4.78, 5) is 34.8. The molecule has 1 aromatic rings. The molecule has 0 aliphatic carbocycles. The Morgan fingerprint density at radius 1 is 1.35 bits per heavy atom. The monoisotopic (exact) mass is 378 g/mol. The fourth-order valence-electron chi connectivity index (χ4n) is 4.16. The average molecular weight is 379 g/mol. The highest BCUT2D eigenvalue weighted by Gasteiger charge is 2.53. The first-order valence-corrected chi connectivity index (χ1v) is 10.6. The fourth-order valence-corrected chi connectivity index (χ4v) is 4.81. The van der Waals surface area contributed by atoms with E-state index in [1.165, 1.54) is 0 Å². The summed E-state index contributed by atoms with van der Waals surface area (Å²) in [6.07, 6.45) is 4.81. The summed E-state index contributed by atoms with van der Waals surface area (Å²) in [7, 11) is 0. The zero-order chi connectivity index (χ0) is 18.7. The molecule has 3 heterocycles. The number of carbonyl (C=O) groups is 2. The van der Waals surface area contributed by atoms with Gasteiger partial charge in [0.15, 0.2) is 0 Å². The van der Waals surface area contributed by atoms with Gasteiger partial charge in [-0.25, -0.2) is 4.98 Å². The van der Waals surface area contributed by atoms with Crippen molar-refractivity contribution in [3.05, 3.63) is 16.6 Å². The smallest absolute Gasteiger partial charge is 0.246 e. The van der Waals surface area contributed by atoms with Crippen LogP contribution in [0.15, 0.2) is 11.6 Å². The van der Waals surface area contributed by atoms with Crippen molar-refractivity contribution in [1.29, 1.82) is 0 Å². The molecule has 0 radical (unpaired) electrons. The Morgan fingerprint density at radius 2 is 2.08 bits per heavy atom. The fraction of sp³-hybridized carbons (Fsp3) is 0.737. The van der Waals surface area contributed by atoms with E-state index in [9.17, 15) is 9.59 Å². The molecule has 3 rings (SSSR count). The predicted molar refractivity (Wildman–Crippen MR) is 103 cm³/mol. The van der Waals surface area contributed by atoms with Gasteiger partial charge < -0.3 is 10.2 Å². The quantitative estimate of drug-likeness (QED) is 0.825. The maximum atomic E-state index is 13.1. The van der Waals surface area contributed by atoms with E-state index in [0.717, 1.165) is 31.1 Å². The van der Waals surface area contributed by atoms with E-state index in [1.807, 2.05) is 16.5 Å². The van der Waals surface area contributed by atoms with Crippen molar-refractivity contribution >= 4 is 23.2 Å². The zero-order valence-electron chi connectivity index (χ0n) is 16.0. The summed E-state index contributed by atoms with van der Waals surface area (Å²) >= 11 is 1.66. The zero-order valence-corrected chi connectivity index (χ0v) is 16.8. The first kappa shape index (κ1) is 19.3. The number of hydrogen-bond donors (Lipinski definition) is 1. The lowest BCUT2D eigenvalue weighted by atomic mass is 9.81. The lowest BCUT2D eigenvalue weighted by Crippen LogP contribution is -2.73. The number of likely N-dealkylation sites (tertiary alicyclic amines) is 1. The molecular weight excluding hydrogens is 348 g/mol. The highest BCUT2D eigenvalue weighted by atomic mass is 32.1. The Balaban J connectivity index is 1.72. The predicted octanol–water partition coefficient (Wildman–Crippen LogP) is 2.26. The molecule has 1 atom stereocenters. The van der Waals surface area contributed by atoms with Gasteiger partial charge in [0.2, 0.25) is 11.8 Å². The molecule has 1 N–H and O–H groups in total. The molecule has 1 aromatic heterocycles. The molecule has 0 bridgehead atoms. The van der Waals surface area contributed by atoms with Crippen molar-refractivity contribution in [2.75, 3.05) is 19.6 Å². The van der Waals surface area contributed by atoms with E-state index in [4.69, 9.17) is 0 Å². The normalized spacial score (nSPS) is 23.7. The maximum Gasteiger partial charge on any atom is 0.246 e. The van der Waals surface area contributed by atoms with E-state index >= 15 is 0 Å². The van der Waals surface area contributed by atoms with E-state index < -0.39 is 5.54 Å². The Labute approximate surface area is 160 Å². The molecule has 2 aliphatic heterocycles. The van der Waals surface area contributed by atoms with Crippen LogP contribution >= 0.6 is 11.3 Å². The van der Waals surface area contributed by atoms with Gasteiger partial charge in [0.25, 0.3) is 0 Å². The summed E-state index contributed by atoms with van der Waals surface area (Å²) in [5, 5.41) is 6.14. The number of aromatic nitrogens is 1. The summed E-state index contributed by atoms with van der Waals surface area (Å²) in [5.41, 5.74) is -0.667. The van der Waals surface area contributed by atoms with Crippen LogP contribution in [-0.2, 0) is 16.1 Å². The number of amides is 2. The van der Waals surface area contributed by atoms with E-state index in [2.05, 4.69) is 36.0 Å². The SMILES string of the molecule is CCCN1C(=O)C(CC(C)C)NC(=O)C12CCN(Cc1nccs1)CC2. The minimum absolute atomic E-state index is 0.0464. The largest absolute Gasteiger partial charge is 0.342 e. The number of thiazole rings is 1. The highest BCUT2D eigenvalue weighted by Crippen LogP contribution is 2.34. The number of hydrogen-bond acceptors (Lipinski definition) is 5. The van der Waals surface area contributed by atoms with E-state index in [-0.39, 0.29) is 17.9 Å². The first-order chi connectivity index (χ1) is 12.5. The van der Waals surface area contributed by atoms with Crippen LogP contribution in [0.4, 0.5) is 0 Å². The molecular formula is C19H30N4O2S. The molecule has 2 amide bonds. The molecule has 26 heavy (non-hydrogen) atoms. The van der Waals surface area contributed by atoms with E-state index in [1.54, 1.807) is 11.3 Å². The molecule has 7 heteroatoms. The highest BCUT2D eigenvalue weighted by molar-refractivity contribution is 7.09. The minimum Gasteiger partial charge on any atom is -0.342 e. The maximum absolute atomic E-state index is 13.1. The second-order valence-corrected chi connectivity index (χ2v) is 8.86. The van der Waals surface area contributed by atoms with Crippen molar-refractivity contribution in [1.82, 2.24) is 20.1 Å². The Morgan fingerprint density at radius 3 is 2.65 bits per heavy atom. The standard InChI is InChI=1S/C19H30N4O2S/c1-4-8-23-17(24)15(12-14(2)3)21-18(25)19(23)5-9-22(10-6-19)13-16-20-7-11-26-16/h7,11,14-15H,4-6,8-10,12-13H2,1-3H3,(H,21,25). The molecule has 144 valence electrons. The Kier molecular flexibility index (Phi) is 5.97. The van der Waals surface area contributed by atoms with Gasteiger partial charge in [-0.05, 0) is 31.6 Å². The lowest BCUT2D eigenvalue weighted by molar-refractivity contribution is -0.161. The van der Waals surface area contributed by atoms with Crippen molar-refractivity contribution in [3.8, 4) is 0 Å². The summed E-state index contributed by atoms with van der Waals surface area (Å²) in [6.45, 7) is 9.36. The number of nitrogens with zero attached hydrogens (tertiary/aromatic N) is 3. The number of nitrogens with one attached hydrogen (secondary N) is 1. The molecule has 0 saturated carbocycles. The number of carbonyl (C=O) groups excluding carboxylic acids is 2. The van der Waals surface area contributed by atoms with Gasteiger partial charge in [0.1, 0.15) is 16.6 Å². The van der Waals surface area contributed by atoms with Crippen LogP contribution in [-0.4, -0.2) is 57.8 Å². The molecule has 2 saturated heterocycles. The van der Waals surface area contributed by atoms with Crippen LogP contribution in [0.2, 0.25) is 0 Å². The van der Waals surface area contributed by atoms with Crippen LogP contribution in [0.3, 0.4) is 0 Å². The van der Waals surface area contributed by atoms with Gasteiger partial charge in [-0.2, -0.15) is 0 Å². The molecule has 2 aliphatic rings. The summed E-state index contributed by atoms with van der Waals surface area (Å²) in [6, 6.07) is -0.368. The summed E-state index contributed by atoms with van der Waals surface area (Å²) < 4.78 is 0. The van der Waals surface area contributed by atoms with Crippen LogP contribution < -0.4 is 5.32 Å². The number of rotatable bonds is 6. The second kappa shape index (κ2) is 8.05. The molecule has 1 spiro atoms. The number of piperidine rings is 1. The molecule has 1 unspecified atom stereocenters. The second-order valence-electron chi connectivity index (χ2n) is 7.88. The number of piperazine rings is 1. The third kappa shape index (κ3) is 3.78. The average Bonchev–Trinajstić information content (AvgIpc) is 3.11.